The number of allylic oxidation sites excluding steroid dienone is 1. The van der Waals surface area contributed by atoms with Gasteiger partial charge in [0, 0.05) is 24.5 Å². The number of nitrogens with zero attached hydrogens (tertiary/aromatic N) is 2. The van der Waals surface area contributed by atoms with E-state index in [2.05, 4.69) is 21.4 Å². The maximum absolute atomic E-state index is 4.39. The smallest absolute Gasteiger partial charge is 0.0857 e. The molecule has 78 valence electrons. The van der Waals surface area contributed by atoms with E-state index in [4.69, 9.17) is 0 Å². The van der Waals surface area contributed by atoms with E-state index in [0.29, 0.717) is 6.04 Å². The lowest BCUT2D eigenvalue weighted by Gasteiger charge is -2.13. The van der Waals surface area contributed by atoms with Crippen molar-refractivity contribution in [2.45, 2.75) is 37.8 Å². The molecular weight excluding hydrogens is 186 g/mol. The molecule has 0 unspecified atom stereocenters. The molecule has 1 saturated heterocycles. The largest absolute Gasteiger partial charge is 0.307 e. The molecule has 0 aromatic carbocycles. The summed E-state index contributed by atoms with van der Waals surface area (Å²) < 4.78 is 0. The van der Waals surface area contributed by atoms with Gasteiger partial charge in [-0.1, -0.05) is 6.08 Å². The first kappa shape index (κ1) is 9.04. The molecule has 3 heterocycles. The lowest BCUT2D eigenvalue weighted by atomic mass is 9.98. The monoisotopic (exact) mass is 201 g/mol. The van der Waals surface area contributed by atoms with Crippen LogP contribution >= 0.6 is 0 Å². The Morgan fingerprint density at radius 2 is 2.20 bits per heavy atom. The molecule has 1 aromatic rings. The van der Waals surface area contributed by atoms with Gasteiger partial charge in [-0.25, -0.2) is 0 Å². The van der Waals surface area contributed by atoms with E-state index < -0.39 is 0 Å². The number of rotatable bonds is 1. The topological polar surface area (TPSA) is 37.8 Å². The van der Waals surface area contributed by atoms with Crippen LogP contribution in [-0.2, 0) is 0 Å². The Hall–Kier alpha value is -1.22. The van der Waals surface area contributed by atoms with E-state index in [1.807, 2.05) is 6.20 Å². The number of hydrogen-bond acceptors (Lipinski definition) is 3. The van der Waals surface area contributed by atoms with Gasteiger partial charge >= 0.3 is 0 Å². The predicted molar refractivity (Wildman–Crippen MR) is 59.2 cm³/mol. The second-order valence-electron chi connectivity index (χ2n) is 4.32. The van der Waals surface area contributed by atoms with Crippen molar-refractivity contribution < 1.29 is 0 Å². The fourth-order valence-electron chi connectivity index (χ4n) is 2.61. The van der Waals surface area contributed by atoms with Crippen molar-refractivity contribution in [3.63, 3.8) is 0 Å². The minimum absolute atomic E-state index is 0.509. The Balaban J connectivity index is 1.94. The number of hydrogen-bond donors (Lipinski definition) is 1. The van der Waals surface area contributed by atoms with Crippen LogP contribution in [0.1, 0.15) is 31.4 Å². The highest BCUT2D eigenvalue weighted by atomic mass is 15.0. The molecule has 2 atom stereocenters. The Morgan fingerprint density at radius 3 is 3.07 bits per heavy atom. The zero-order chi connectivity index (χ0) is 10.1. The van der Waals surface area contributed by atoms with Crippen LogP contribution in [0.5, 0.6) is 0 Å². The van der Waals surface area contributed by atoms with E-state index in [1.165, 1.54) is 31.3 Å². The van der Waals surface area contributed by atoms with Gasteiger partial charge in [0.25, 0.3) is 0 Å². The molecule has 15 heavy (non-hydrogen) atoms. The van der Waals surface area contributed by atoms with Gasteiger partial charge in [0.2, 0.25) is 0 Å². The lowest BCUT2D eigenvalue weighted by Crippen LogP contribution is -2.28. The van der Waals surface area contributed by atoms with E-state index in [1.54, 1.807) is 12.4 Å². The van der Waals surface area contributed by atoms with Crippen molar-refractivity contribution in [2.24, 2.45) is 0 Å². The maximum Gasteiger partial charge on any atom is 0.0857 e. The van der Waals surface area contributed by atoms with Gasteiger partial charge in [0.05, 0.1) is 11.9 Å². The molecule has 0 saturated carbocycles. The van der Waals surface area contributed by atoms with Crippen LogP contribution < -0.4 is 5.32 Å². The van der Waals surface area contributed by atoms with Crippen LogP contribution in [0.25, 0.3) is 5.57 Å². The summed E-state index contributed by atoms with van der Waals surface area (Å²) >= 11 is 0. The van der Waals surface area contributed by atoms with Crippen molar-refractivity contribution in [3.8, 4) is 0 Å². The fourth-order valence-corrected chi connectivity index (χ4v) is 2.61. The second-order valence-corrected chi connectivity index (χ2v) is 4.32. The quantitative estimate of drug-likeness (QED) is 0.752. The predicted octanol–water partition coefficient (Wildman–Crippen LogP) is 1.77. The highest BCUT2D eigenvalue weighted by molar-refractivity contribution is 5.67. The molecule has 0 spiro atoms. The average molecular weight is 201 g/mol. The fraction of sp³-hybridized carbons (Fsp3) is 0.500. The SMILES string of the molecule is C1=C(c2cnccn2)[C@H]2CC[C@@H](CC1)N2. The van der Waals surface area contributed by atoms with Crippen molar-refractivity contribution in [1.82, 2.24) is 15.3 Å². The van der Waals surface area contributed by atoms with Crippen molar-refractivity contribution in [3.05, 3.63) is 30.4 Å². The van der Waals surface area contributed by atoms with Crippen molar-refractivity contribution in [2.75, 3.05) is 0 Å². The second kappa shape index (κ2) is 3.74. The Labute approximate surface area is 89.6 Å². The number of fused-ring (bicyclic) bond motifs is 2. The summed E-state index contributed by atoms with van der Waals surface area (Å²) in [5.41, 5.74) is 2.39. The van der Waals surface area contributed by atoms with Gasteiger partial charge in [-0.05, 0) is 31.3 Å². The third-order valence-electron chi connectivity index (χ3n) is 3.35. The van der Waals surface area contributed by atoms with Gasteiger partial charge < -0.3 is 5.32 Å². The summed E-state index contributed by atoms with van der Waals surface area (Å²) in [6.45, 7) is 0. The molecule has 1 aromatic heterocycles. The number of nitrogens with one attached hydrogen (secondary N) is 1. The molecule has 3 nitrogen and oxygen atoms in total. The van der Waals surface area contributed by atoms with Crippen LogP contribution in [-0.4, -0.2) is 22.1 Å². The van der Waals surface area contributed by atoms with E-state index in [-0.39, 0.29) is 0 Å². The van der Waals surface area contributed by atoms with Gasteiger partial charge in [0.1, 0.15) is 0 Å². The summed E-state index contributed by atoms with van der Waals surface area (Å²) in [6.07, 6.45) is 12.7. The molecule has 2 aliphatic rings. The molecule has 2 bridgehead atoms. The zero-order valence-electron chi connectivity index (χ0n) is 8.69. The highest BCUT2D eigenvalue weighted by Gasteiger charge is 2.29. The van der Waals surface area contributed by atoms with Crippen molar-refractivity contribution in [1.29, 1.82) is 0 Å². The van der Waals surface area contributed by atoms with Crippen LogP contribution in [0.15, 0.2) is 24.7 Å². The maximum atomic E-state index is 4.39. The molecule has 0 radical (unpaired) electrons. The Morgan fingerprint density at radius 1 is 1.20 bits per heavy atom. The highest BCUT2D eigenvalue weighted by Crippen LogP contribution is 2.30. The third kappa shape index (κ3) is 1.67. The summed E-state index contributed by atoms with van der Waals surface area (Å²) in [4.78, 5) is 8.53. The first-order valence-electron chi connectivity index (χ1n) is 5.66. The first-order chi connectivity index (χ1) is 7.43. The van der Waals surface area contributed by atoms with Gasteiger partial charge in [-0.15, -0.1) is 0 Å². The minimum Gasteiger partial charge on any atom is -0.307 e. The molecule has 1 fully saturated rings. The van der Waals surface area contributed by atoms with Crippen LogP contribution in [0.3, 0.4) is 0 Å². The van der Waals surface area contributed by atoms with Crippen LogP contribution in [0, 0.1) is 0 Å². The van der Waals surface area contributed by atoms with Crippen LogP contribution in [0.2, 0.25) is 0 Å². The molecule has 3 rings (SSSR count). The minimum atomic E-state index is 0.509. The summed E-state index contributed by atoms with van der Waals surface area (Å²) in [5.74, 6) is 0. The van der Waals surface area contributed by atoms with Gasteiger partial charge in [-0.3, -0.25) is 9.97 Å². The molecule has 2 aliphatic heterocycles. The molecular formula is C12H15N3. The number of aromatic nitrogens is 2. The average Bonchev–Trinajstić information content (AvgIpc) is 2.61. The summed E-state index contributed by atoms with van der Waals surface area (Å²) in [6, 6.07) is 1.23. The van der Waals surface area contributed by atoms with E-state index >= 15 is 0 Å². The van der Waals surface area contributed by atoms with Gasteiger partial charge in [0.15, 0.2) is 0 Å². The van der Waals surface area contributed by atoms with E-state index in [9.17, 15) is 0 Å². The lowest BCUT2D eigenvalue weighted by molar-refractivity contribution is 0.559. The summed E-state index contributed by atoms with van der Waals surface area (Å²) in [7, 11) is 0. The van der Waals surface area contributed by atoms with E-state index in [0.717, 1.165) is 11.7 Å². The standard InChI is InChI=1S/C12H15N3/c1-2-9-4-5-11(15-9)10(3-1)12-8-13-6-7-14-12/h3,6-9,11,15H,1-2,4-5H2/t9-,11-/m1/s1. The van der Waals surface area contributed by atoms with Crippen LogP contribution in [0.4, 0.5) is 0 Å². The normalized spacial score (nSPS) is 29.7. The molecule has 3 heteroatoms. The Bertz CT molecular complexity index is 372. The molecule has 1 N–H and O–H groups in total. The molecule has 0 aliphatic carbocycles. The zero-order valence-corrected chi connectivity index (χ0v) is 8.69. The summed E-state index contributed by atoms with van der Waals surface area (Å²) in [5, 5.41) is 3.67. The van der Waals surface area contributed by atoms with Gasteiger partial charge in [-0.2, -0.15) is 0 Å². The first-order valence-corrected chi connectivity index (χ1v) is 5.66. The Kier molecular flexibility index (Phi) is 2.25. The third-order valence-corrected chi connectivity index (χ3v) is 3.35. The molecule has 0 amide bonds. The van der Waals surface area contributed by atoms with Crippen molar-refractivity contribution >= 4 is 5.57 Å².